The highest BCUT2D eigenvalue weighted by Gasteiger charge is 2.42. The Morgan fingerprint density at radius 3 is 2.56 bits per heavy atom. The van der Waals surface area contributed by atoms with E-state index < -0.39 is 0 Å². The maximum absolute atomic E-state index is 12.7. The van der Waals surface area contributed by atoms with Crippen LogP contribution in [0.25, 0.3) is 0 Å². The van der Waals surface area contributed by atoms with E-state index in [1.807, 2.05) is 6.92 Å². The molecular formula is C19H26ClN3O2. The first-order valence-corrected chi connectivity index (χ1v) is 9.37. The molecule has 2 aliphatic rings. The largest absolute Gasteiger partial charge is 0.349 e. The first-order chi connectivity index (χ1) is 11.9. The van der Waals surface area contributed by atoms with E-state index in [1.165, 1.54) is 0 Å². The van der Waals surface area contributed by atoms with Gasteiger partial charge in [-0.25, -0.2) is 0 Å². The molecule has 2 fully saturated rings. The molecule has 0 aromatic heterocycles. The van der Waals surface area contributed by atoms with Crippen molar-refractivity contribution in [3.8, 4) is 0 Å². The van der Waals surface area contributed by atoms with Gasteiger partial charge in [0.2, 0.25) is 5.91 Å². The average molecular weight is 364 g/mol. The van der Waals surface area contributed by atoms with Gasteiger partial charge >= 0.3 is 0 Å². The number of carbonyl (C=O) groups is 2. The number of nitrogens with one attached hydrogen (secondary N) is 1. The van der Waals surface area contributed by atoms with Crippen molar-refractivity contribution in [3.63, 3.8) is 0 Å². The summed E-state index contributed by atoms with van der Waals surface area (Å²) >= 11 is 5.88. The SMILES string of the molecule is CC(CN)(NC(=O)C1CCCN(C(=O)c2ccc(Cl)cc2)C1)C1CC1. The third kappa shape index (κ3) is 4.15. The number of benzene rings is 1. The van der Waals surface area contributed by atoms with Crippen LogP contribution in [0, 0.1) is 11.8 Å². The Kier molecular flexibility index (Phi) is 5.35. The first kappa shape index (κ1) is 18.2. The number of rotatable bonds is 5. The third-order valence-electron chi connectivity index (χ3n) is 5.48. The Hall–Kier alpha value is -1.59. The van der Waals surface area contributed by atoms with Crippen LogP contribution in [0.15, 0.2) is 24.3 Å². The highest BCUT2D eigenvalue weighted by Crippen LogP contribution is 2.39. The third-order valence-corrected chi connectivity index (χ3v) is 5.73. The van der Waals surface area contributed by atoms with Gasteiger partial charge in [0.15, 0.2) is 0 Å². The maximum Gasteiger partial charge on any atom is 0.253 e. The highest BCUT2D eigenvalue weighted by atomic mass is 35.5. The molecule has 1 aromatic rings. The lowest BCUT2D eigenvalue weighted by Gasteiger charge is -2.36. The molecule has 136 valence electrons. The molecular weight excluding hydrogens is 338 g/mol. The van der Waals surface area contributed by atoms with E-state index in [1.54, 1.807) is 29.2 Å². The molecule has 0 radical (unpaired) electrons. The average Bonchev–Trinajstić information content (AvgIpc) is 3.47. The number of nitrogens with zero attached hydrogens (tertiary/aromatic N) is 1. The second-order valence-electron chi connectivity index (χ2n) is 7.48. The summed E-state index contributed by atoms with van der Waals surface area (Å²) in [6, 6.07) is 6.89. The zero-order valence-electron chi connectivity index (χ0n) is 14.6. The number of hydrogen-bond acceptors (Lipinski definition) is 3. The molecule has 2 unspecified atom stereocenters. The summed E-state index contributed by atoms with van der Waals surface area (Å²) in [7, 11) is 0. The van der Waals surface area contributed by atoms with E-state index >= 15 is 0 Å². The molecule has 1 aromatic carbocycles. The van der Waals surface area contributed by atoms with Crippen LogP contribution in [0.3, 0.4) is 0 Å². The van der Waals surface area contributed by atoms with E-state index in [9.17, 15) is 9.59 Å². The second-order valence-corrected chi connectivity index (χ2v) is 7.92. The van der Waals surface area contributed by atoms with Gasteiger partial charge in [-0.2, -0.15) is 0 Å². The van der Waals surface area contributed by atoms with E-state index in [-0.39, 0.29) is 23.3 Å². The lowest BCUT2D eigenvalue weighted by atomic mass is 9.91. The van der Waals surface area contributed by atoms with Gasteiger partial charge in [-0.15, -0.1) is 0 Å². The van der Waals surface area contributed by atoms with Crippen molar-refractivity contribution < 1.29 is 9.59 Å². The van der Waals surface area contributed by atoms with Crippen LogP contribution >= 0.6 is 11.6 Å². The Labute approximate surface area is 153 Å². The summed E-state index contributed by atoms with van der Waals surface area (Å²) in [5, 5.41) is 3.77. The summed E-state index contributed by atoms with van der Waals surface area (Å²) in [5.74, 6) is 0.290. The van der Waals surface area contributed by atoms with Crippen molar-refractivity contribution in [2.24, 2.45) is 17.6 Å². The number of amides is 2. The van der Waals surface area contributed by atoms with Crippen molar-refractivity contribution in [2.75, 3.05) is 19.6 Å². The topological polar surface area (TPSA) is 75.4 Å². The minimum atomic E-state index is -0.320. The first-order valence-electron chi connectivity index (χ1n) is 9.00. The molecule has 5 nitrogen and oxygen atoms in total. The molecule has 1 aliphatic heterocycles. The molecule has 2 amide bonds. The molecule has 25 heavy (non-hydrogen) atoms. The molecule has 1 aliphatic carbocycles. The Bertz CT molecular complexity index is 645. The molecule has 1 heterocycles. The molecule has 3 rings (SSSR count). The molecule has 3 N–H and O–H groups in total. The van der Waals surface area contributed by atoms with Crippen LogP contribution in [0.1, 0.15) is 43.0 Å². The Balaban J connectivity index is 1.63. The van der Waals surface area contributed by atoms with Crippen LogP contribution in [0.2, 0.25) is 5.02 Å². The van der Waals surface area contributed by atoms with Crippen molar-refractivity contribution in [2.45, 2.75) is 38.1 Å². The van der Waals surface area contributed by atoms with Crippen LogP contribution in [0.5, 0.6) is 0 Å². The minimum absolute atomic E-state index is 0.0217. The Morgan fingerprint density at radius 1 is 1.28 bits per heavy atom. The molecule has 2 atom stereocenters. The number of carbonyl (C=O) groups excluding carboxylic acids is 2. The predicted molar refractivity (Wildman–Crippen MR) is 98.4 cm³/mol. The van der Waals surface area contributed by atoms with Gasteiger partial charge in [-0.05, 0) is 62.8 Å². The highest BCUT2D eigenvalue weighted by molar-refractivity contribution is 6.30. The van der Waals surface area contributed by atoms with Gasteiger partial charge in [0.25, 0.3) is 5.91 Å². The van der Waals surface area contributed by atoms with Gasteiger partial charge in [0, 0.05) is 30.2 Å². The van der Waals surface area contributed by atoms with Gasteiger partial charge in [-0.3, -0.25) is 9.59 Å². The van der Waals surface area contributed by atoms with Gasteiger partial charge in [0.1, 0.15) is 0 Å². The van der Waals surface area contributed by atoms with Crippen LogP contribution < -0.4 is 11.1 Å². The van der Waals surface area contributed by atoms with Crippen LogP contribution in [-0.2, 0) is 4.79 Å². The number of piperidine rings is 1. The molecule has 0 bridgehead atoms. The lowest BCUT2D eigenvalue weighted by molar-refractivity contribution is -0.128. The van der Waals surface area contributed by atoms with E-state index in [4.69, 9.17) is 17.3 Å². The number of nitrogens with two attached hydrogens (primary N) is 1. The minimum Gasteiger partial charge on any atom is -0.349 e. The zero-order chi connectivity index (χ0) is 18.0. The van der Waals surface area contributed by atoms with Gasteiger partial charge < -0.3 is 16.0 Å². The second kappa shape index (κ2) is 7.34. The van der Waals surface area contributed by atoms with Gasteiger partial charge in [-0.1, -0.05) is 11.6 Å². The predicted octanol–water partition coefficient (Wildman–Crippen LogP) is 2.44. The van der Waals surface area contributed by atoms with E-state index in [2.05, 4.69) is 5.32 Å². The van der Waals surface area contributed by atoms with Crippen molar-refractivity contribution in [1.82, 2.24) is 10.2 Å². The van der Waals surface area contributed by atoms with E-state index in [0.29, 0.717) is 36.1 Å². The van der Waals surface area contributed by atoms with Crippen LogP contribution in [0.4, 0.5) is 0 Å². The van der Waals surface area contributed by atoms with Crippen LogP contribution in [-0.4, -0.2) is 41.9 Å². The van der Waals surface area contributed by atoms with Crippen molar-refractivity contribution in [3.05, 3.63) is 34.9 Å². The normalized spacial score (nSPS) is 23.0. The monoisotopic (exact) mass is 363 g/mol. The summed E-state index contributed by atoms with van der Waals surface area (Å²) in [6.07, 6.45) is 3.89. The molecule has 1 saturated heterocycles. The summed E-state index contributed by atoms with van der Waals surface area (Å²) in [5.41, 5.74) is 6.19. The quantitative estimate of drug-likeness (QED) is 0.843. The molecule has 0 spiro atoms. The summed E-state index contributed by atoms with van der Waals surface area (Å²) in [4.78, 5) is 27.2. The van der Waals surface area contributed by atoms with Gasteiger partial charge in [0.05, 0.1) is 11.5 Å². The van der Waals surface area contributed by atoms with E-state index in [0.717, 1.165) is 25.7 Å². The fraction of sp³-hybridized carbons (Fsp3) is 0.579. The Morgan fingerprint density at radius 2 is 1.96 bits per heavy atom. The number of halogens is 1. The lowest BCUT2D eigenvalue weighted by Crippen LogP contribution is -2.56. The molecule has 1 saturated carbocycles. The van der Waals surface area contributed by atoms with Crippen molar-refractivity contribution in [1.29, 1.82) is 0 Å². The zero-order valence-corrected chi connectivity index (χ0v) is 15.4. The number of hydrogen-bond donors (Lipinski definition) is 2. The standard InChI is InChI=1S/C19H26ClN3O2/c1-19(12-21,15-6-7-15)22-17(24)14-3-2-10-23(11-14)18(25)13-4-8-16(20)9-5-13/h4-5,8-9,14-15H,2-3,6-7,10-12,21H2,1H3,(H,22,24). The van der Waals surface area contributed by atoms with Crippen molar-refractivity contribution >= 4 is 23.4 Å². The maximum atomic E-state index is 12.7. The fourth-order valence-electron chi connectivity index (χ4n) is 3.57. The number of likely N-dealkylation sites (tertiary alicyclic amines) is 1. The summed E-state index contributed by atoms with van der Waals surface area (Å²) in [6.45, 7) is 3.62. The molecule has 6 heteroatoms. The fourth-order valence-corrected chi connectivity index (χ4v) is 3.70. The summed E-state index contributed by atoms with van der Waals surface area (Å²) < 4.78 is 0. The smallest absolute Gasteiger partial charge is 0.253 e.